The zero-order valence-electron chi connectivity index (χ0n) is 30.4. The van der Waals surface area contributed by atoms with Gasteiger partial charge in [-0.3, -0.25) is 19.1 Å². The molecule has 0 aromatic heterocycles. The molecule has 6 aliphatic rings. The summed E-state index contributed by atoms with van der Waals surface area (Å²) in [5.74, 6) is -1.93. The lowest BCUT2D eigenvalue weighted by molar-refractivity contribution is -0.141. The minimum Gasteiger partial charge on any atom is -0.446 e. The maximum atomic E-state index is 14.5. The van der Waals surface area contributed by atoms with Gasteiger partial charge in [0.15, 0.2) is 0 Å². The summed E-state index contributed by atoms with van der Waals surface area (Å²) in [5, 5.41) is 9.81. The van der Waals surface area contributed by atoms with E-state index < -0.39 is 68.7 Å². The molecule has 7 rings (SSSR count). The Balaban J connectivity index is 1.15. The molecule has 5 atom stereocenters. The molecule has 13 nitrogen and oxygen atoms in total. The molecule has 53 heavy (non-hydrogen) atoms. The van der Waals surface area contributed by atoms with Crippen LogP contribution in [0.3, 0.4) is 0 Å². The Morgan fingerprint density at radius 2 is 1.60 bits per heavy atom. The number of sulfonamides is 1. The van der Waals surface area contributed by atoms with Gasteiger partial charge >= 0.3 is 6.09 Å². The number of nitrogens with one attached hydrogen (secondary N) is 3. The molecular formula is C39H53N5O8S. The molecule has 1 saturated heterocycles. The van der Waals surface area contributed by atoms with Gasteiger partial charge in [-0.2, -0.15) is 0 Å². The van der Waals surface area contributed by atoms with E-state index >= 15 is 0 Å². The maximum Gasteiger partial charge on any atom is 0.408 e. The van der Waals surface area contributed by atoms with Crippen LogP contribution >= 0.6 is 0 Å². The Morgan fingerprint density at radius 3 is 2.34 bits per heavy atom. The van der Waals surface area contributed by atoms with E-state index in [4.69, 9.17) is 9.57 Å². The highest BCUT2D eigenvalue weighted by Crippen LogP contribution is 2.46. The van der Waals surface area contributed by atoms with Crippen molar-refractivity contribution < 1.29 is 37.2 Å². The van der Waals surface area contributed by atoms with Crippen molar-refractivity contribution in [1.29, 1.82) is 0 Å². The number of amides is 4. The summed E-state index contributed by atoms with van der Waals surface area (Å²) in [6.45, 7) is 0.0433. The van der Waals surface area contributed by atoms with Gasteiger partial charge < -0.3 is 25.1 Å². The van der Waals surface area contributed by atoms with Crippen molar-refractivity contribution in [2.75, 3.05) is 6.54 Å². The molecule has 288 valence electrons. The first kappa shape index (κ1) is 37.4. The summed E-state index contributed by atoms with van der Waals surface area (Å²) in [4.78, 5) is 63.3. The number of allylic oxidation sites excluding steroid dienone is 1. The van der Waals surface area contributed by atoms with Gasteiger partial charge in [-0.25, -0.2) is 13.2 Å². The number of carbonyl (C=O) groups is 4. The van der Waals surface area contributed by atoms with E-state index in [9.17, 15) is 27.6 Å². The van der Waals surface area contributed by atoms with Crippen LogP contribution in [0.25, 0.3) is 0 Å². The normalized spacial score (nSPS) is 31.0. The van der Waals surface area contributed by atoms with Crippen LogP contribution in [0, 0.1) is 11.8 Å². The lowest BCUT2D eigenvalue weighted by Gasteiger charge is -2.30. The first-order chi connectivity index (χ1) is 25.6. The lowest BCUT2D eigenvalue weighted by atomic mass is 9.95. The number of benzene rings is 1. The van der Waals surface area contributed by atoms with E-state index in [2.05, 4.69) is 20.5 Å². The van der Waals surface area contributed by atoms with Gasteiger partial charge in [0.05, 0.1) is 17.5 Å². The van der Waals surface area contributed by atoms with Crippen molar-refractivity contribution in [2.45, 2.75) is 144 Å². The molecule has 1 aromatic carbocycles. The van der Waals surface area contributed by atoms with E-state index in [0.717, 1.165) is 81.9 Å². The fraction of sp³-hybridized carbons (Fsp3) is 0.667. The predicted molar refractivity (Wildman–Crippen MR) is 197 cm³/mol. The molecule has 3 N–H and O–H groups in total. The fourth-order valence-corrected chi connectivity index (χ4v) is 9.84. The maximum absolute atomic E-state index is 14.5. The van der Waals surface area contributed by atoms with Crippen LogP contribution in [0.1, 0.15) is 115 Å². The standard InChI is InChI=1S/C39H53N5O8S/c45-35-33-23-30(52-42-34(27-15-9-10-16-27)26-13-5-4-6-14-26)25-44(33)36(46)32(40-38(48)51-29-18-11-12-19-29)20-8-3-1-2-7-17-28-24-39(28,41-35)37(47)43-53(49,50)31-21-22-31/h4-7,13-14,17,27-33H,1-3,8-12,15-16,18-25H2,(H,40,48)(H,41,45)(H,43,47)/b17-7-,42-34-/t28?,30-,32+,33+,39-/m1/s1. The summed E-state index contributed by atoms with van der Waals surface area (Å²) in [6, 6.07) is 7.90. The van der Waals surface area contributed by atoms with Crippen LogP contribution in [0.4, 0.5) is 4.79 Å². The van der Waals surface area contributed by atoms with Crippen molar-refractivity contribution in [2.24, 2.45) is 17.0 Å². The molecule has 0 radical (unpaired) electrons. The topological polar surface area (TPSA) is 173 Å². The second-order valence-electron chi connectivity index (χ2n) is 15.8. The van der Waals surface area contributed by atoms with Gasteiger partial charge in [-0.1, -0.05) is 73.3 Å². The Hall–Kier alpha value is -3.94. The zero-order chi connectivity index (χ0) is 37.0. The Bertz CT molecular complexity index is 1690. The molecule has 0 bridgehead atoms. The Kier molecular flexibility index (Phi) is 11.4. The first-order valence-corrected chi connectivity index (χ1v) is 21.3. The third kappa shape index (κ3) is 8.90. The molecule has 4 aliphatic carbocycles. The van der Waals surface area contributed by atoms with Gasteiger partial charge in [0.25, 0.3) is 5.91 Å². The van der Waals surface area contributed by atoms with E-state index in [-0.39, 0.29) is 31.4 Å². The number of hydrogen-bond acceptors (Lipinski definition) is 9. The summed E-state index contributed by atoms with van der Waals surface area (Å²) in [7, 11) is -3.87. The van der Waals surface area contributed by atoms with Gasteiger partial charge in [0, 0.05) is 18.3 Å². The van der Waals surface area contributed by atoms with Gasteiger partial charge in [-0.15, -0.1) is 0 Å². The second-order valence-corrected chi connectivity index (χ2v) is 17.8. The monoisotopic (exact) mass is 751 g/mol. The average molecular weight is 752 g/mol. The van der Waals surface area contributed by atoms with Crippen LogP contribution in [-0.4, -0.2) is 84.5 Å². The lowest BCUT2D eigenvalue weighted by Crippen LogP contribution is -2.58. The van der Waals surface area contributed by atoms with Crippen LogP contribution in [0.2, 0.25) is 0 Å². The second kappa shape index (κ2) is 16.2. The Morgan fingerprint density at radius 1 is 0.887 bits per heavy atom. The zero-order valence-corrected chi connectivity index (χ0v) is 31.2. The van der Waals surface area contributed by atoms with Crippen molar-refractivity contribution in [3.8, 4) is 0 Å². The fourth-order valence-electron chi connectivity index (χ4n) is 8.47. The molecule has 1 aromatic rings. The van der Waals surface area contributed by atoms with E-state index in [0.29, 0.717) is 25.7 Å². The minimum atomic E-state index is -3.87. The largest absolute Gasteiger partial charge is 0.446 e. The van der Waals surface area contributed by atoms with Gasteiger partial charge in [-0.05, 0) is 82.6 Å². The smallest absolute Gasteiger partial charge is 0.408 e. The molecule has 2 heterocycles. The van der Waals surface area contributed by atoms with Crippen molar-refractivity contribution in [3.63, 3.8) is 0 Å². The van der Waals surface area contributed by atoms with E-state index in [1.807, 2.05) is 42.5 Å². The SMILES string of the molecule is O=C(N[C@H]1CCCCC/C=C\C2C[C@@]2(C(=O)NS(=O)(=O)C2CC2)NC(=O)[C@@H]2C[C@@H](O/N=C(/c3ccccc3)C3CCCC3)CN2C1=O)OC1CCCC1. The summed E-state index contributed by atoms with van der Waals surface area (Å²) < 4.78 is 33.6. The highest BCUT2D eigenvalue weighted by molar-refractivity contribution is 7.91. The molecule has 0 spiro atoms. The van der Waals surface area contributed by atoms with E-state index in [1.54, 1.807) is 0 Å². The quantitative estimate of drug-likeness (QED) is 0.187. The number of ether oxygens (including phenoxy) is 1. The summed E-state index contributed by atoms with van der Waals surface area (Å²) >= 11 is 0. The molecule has 4 saturated carbocycles. The molecule has 4 amide bonds. The van der Waals surface area contributed by atoms with Crippen molar-refractivity contribution in [1.82, 2.24) is 20.3 Å². The first-order valence-electron chi connectivity index (χ1n) is 19.7. The molecule has 5 fully saturated rings. The molecule has 14 heteroatoms. The number of fused-ring (bicyclic) bond motifs is 2. The number of hydrogen-bond donors (Lipinski definition) is 3. The third-order valence-corrected chi connectivity index (χ3v) is 13.6. The number of oxime groups is 1. The van der Waals surface area contributed by atoms with Crippen molar-refractivity contribution >= 4 is 39.5 Å². The predicted octanol–water partition coefficient (Wildman–Crippen LogP) is 4.61. The van der Waals surface area contributed by atoms with Crippen LogP contribution in [-0.2, 0) is 34.0 Å². The number of nitrogens with zero attached hydrogens (tertiary/aromatic N) is 2. The van der Waals surface area contributed by atoms with E-state index in [1.165, 1.54) is 4.90 Å². The molecule has 1 unspecified atom stereocenters. The number of alkyl carbamates (subject to hydrolysis) is 1. The number of rotatable bonds is 9. The highest BCUT2D eigenvalue weighted by atomic mass is 32.2. The summed E-state index contributed by atoms with van der Waals surface area (Å²) in [6.07, 6.45) is 14.8. The number of carbonyl (C=O) groups excluding carboxylic acids is 4. The van der Waals surface area contributed by atoms with Gasteiger partial charge in [0.1, 0.15) is 29.8 Å². The third-order valence-electron chi connectivity index (χ3n) is 11.8. The minimum absolute atomic E-state index is 0.0433. The molecular weight excluding hydrogens is 699 g/mol. The van der Waals surface area contributed by atoms with Crippen LogP contribution < -0.4 is 15.4 Å². The average Bonchev–Trinajstić information content (AvgIpc) is 3.88. The summed E-state index contributed by atoms with van der Waals surface area (Å²) in [5.41, 5.74) is 0.346. The highest BCUT2D eigenvalue weighted by Gasteiger charge is 2.62. The van der Waals surface area contributed by atoms with Gasteiger partial charge in [0.2, 0.25) is 21.8 Å². The van der Waals surface area contributed by atoms with Crippen molar-refractivity contribution in [3.05, 3.63) is 48.0 Å². The molecule has 2 aliphatic heterocycles. The van der Waals surface area contributed by atoms with Crippen LogP contribution in [0.15, 0.2) is 47.6 Å². The van der Waals surface area contributed by atoms with Crippen LogP contribution in [0.5, 0.6) is 0 Å². The Labute approximate surface area is 312 Å².